The molecule has 1 saturated heterocycles. The molecule has 11 heteroatoms. The number of rotatable bonds is 9. The average molecular weight is 502 g/mol. The molecule has 3 amide bonds. The monoisotopic (exact) mass is 501 g/mol. The molecule has 2 aliphatic rings. The van der Waals surface area contributed by atoms with Crippen LogP contribution in [-0.4, -0.2) is 54.4 Å². The maximum atomic E-state index is 14.0. The molecule has 0 spiro atoms. The molecule has 1 aliphatic carbocycles. The first-order valence-corrected chi connectivity index (χ1v) is 11.9. The summed E-state index contributed by atoms with van der Waals surface area (Å²) in [4.78, 5) is 41.2. The van der Waals surface area contributed by atoms with Crippen LogP contribution in [0.4, 0.5) is 8.78 Å². The lowest BCUT2D eigenvalue weighted by Crippen LogP contribution is -2.51. The summed E-state index contributed by atoms with van der Waals surface area (Å²) in [5.41, 5.74) is -0.677. The molecular weight excluding hydrogens is 472 g/mol. The van der Waals surface area contributed by atoms with Gasteiger partial charge in [-0.3, -0.25) is 14.4 Å². The van der Waals surface area contributed by atoms with Crippen molar-refractivity contribution in [2.45, 2.75) is 57.0 Å². The highest BCUT2D eigenvalue weighted by Crippen LogP contribution is 2.62. The van der Waals surface area contributed by atoms with E-state index in [4.69, 9.17) is 4.74 Å². The Hall–Kier alpha value is -3.68. The van der Waals surface area contributed by atoms with Crippen LogP contribution in [0.2, 0.25) is 0 Å². The van der Waals surface area contributed by atoms with Crippen molar-refractivity contribution in [1.82, 2.24) is 20.9 Å². The van der Waals surface area contributed by atoms with Crippen molar-refractivity contribution >= 4 is 28.6 Å². The van der Waals surface area contributed by atoms with Crippen LogP contribution >= 0.6 is 0 Å². The Balaban J connectivity index is 1.50. The number of amides is 3. The van der Waals surface area contributed by atoms with Gasteiger partial charge in [-0.25, -0.2) is 8.78 Å². The van der Waals surface area contributed by atoms with E-state index in [1.54, 1.807) is 24.3 Å². The lowest BCUT2D eigenvalue weighted by atomic mass is 9.91. The molecule has 1 saturated carbocycles. The molecule has 1 aromatic heterocycles. The quantitative estimate of drug-likeness (QED) is 0.419. The molecule has 36 heavy (non-hydrogen) atoms. The number of piperidine rings is 1. The Bertz CT molecular complexity index is 1220. The van der Waals surface area contributed by atoms with Gasteiger partial charge in [0.2, 0.25) is 11.8 Å². The summed E-state index contributed by atoms with van der Waals surface area (Å²) in [6, 6.07) is 6.46. The number of H-pyrrole nitrogens is 1. The number of hydrogen-bond acceptors (Lipinski definition) is 5. The molecular formula is C25H29F2N5O4. The van der Waals surface area contributed by atoms with Gasteiger partial charge in [-0.15, -0.1) is 0 Å². The van der Waals surface area contributed by atoms with Gasteiger partial charge < -0.3 is 25.7 Å². The Labute approximate surface area is 206 Å². The standard InChI is InChI=1S/C25H29F2N5O4/c1-24(13-25(24,26)27)11-19(23(35)30-15(12-28)9-14-5-4-8-29-21(14)33)32-22(34)18-10-16-17(31-18)6-3-7-20(16)36-2/h3,6-7,10,14-15,19,31H,4-5,8-9,11,13H2,1-2H3,(H,29,33)(H,30,35)(H,32,34). The molecule has 0 radical (unpaired) electrons. The number of nitrogens with zero attached hydrogens (tertiary/aromatic N) is 1. The largest absolute Gasteiger partial charge is 0.496 e. The third kappa shape index (κ3) is 5.12. The summed E-state index contributed by atoms with van der Waals surface area (Å²) in [6.45, 7) is 1.93. The smallest absolute Gasteiger partial charge is 0.268 e. The number of nitriles is 1. The zero-order valence-electron chi connectivity index (χ0n) is 20.1. The molecule has 2 heterocycles. The van der Waals surface area contributed by atoms with Crippen LogP contribution in [0.5, 0.6) is 5.75 Å². The second kappa shape index (κ2) is 9.76. The van der Waals surface area contributed by atoms with Crippen LogP contribution in [0.15, 0.2) is 24.3 Å². The maximum Gasteiger partial charge on any atom is 0.268 e. The highest BCUT2D eigenvalue weighted by atomic mass is 19.3. The number of methoxy groups -OCH3 is 1. The van der Waals surface area contributed by atoms with Gasteiger partial charge in [0.15, 0.2) is 0 Å². The van der Waals surface area contributed by atoms with Crippen LogP contribution in [-0.2, 0) is 9.59 Å². The average Bonchev–Trinajstić information content (AvgIpc) is 3.15. The molecule has 4 atom stereocenters. The first-order valence-electron chi connectivity index (χ1n) is 11.9. The highest BCUT2D eigenvalue weighted by molar-refractivity contribution is 6.01. The molecule has 4 N–H and O–H groups in total. The number of nitrogens with one attached hydrogen (secondary N) is 4. The summed E-state index contributed by atoms with van der Waals surface area (Å²) >= 11 is 0. The molecule has 2 fully saturated rings. The summed E-state index contributed by atoms with van der Waals surface area (Å²) in [6.07, 6.45) is 0.762. The Morgan fingerprint density at radius 1 is 1.33 bits per heavy atom. The first-order chi connectivity index (χ1) is 17.1. The Morgan fingerprint density at radius 3 is 2.72 bits per heavy atom. The van der Waals surface area contributed by atoms with Gasteiger partial charge in [0.1, 0.15) is 23.5 Å². The van der Waals surface area contributed by atoms with Gasteiger partial charge in [0.25, 0.3) is 11.8 Å². The van der Waals surface area contributed by atoms with E-state index < -0.39 is 47.6 Å². The summed E-state index contributed by atoms with van der Waals surface area (Å²) in [5, 5.41) is 18.1. The normalized spacial score (nSPS) is 24.2. The van der Waals surface area contributed by atoms with Crippen LogP contribution < -0.4 is 20.7 Å². The lowest BCUT2D eigenvalue weighted by molar-refractivity contribution is -0.128. The lowest BCUT2D eigenvalue weighted by Gasteiger charge is -2.26. The third-order valence-corrected chi connectivity index (χ3v) is 7.13. The van der Waals surface area contributed by atoms with Gasteiger partial charge in [0.05, 0.1) is 13.2 Å². The number of carbonyl (C=O) groups excluding carboxylic acids is 3. The second-order valence-corrected chi connectivity index (χ2v) is 9.83. The minimum atomic E-state index is -2.94. The summed E-state index contributed by atoms with van der Waals surface area (Å²) in [5.74, 6) is -4.40. The zero-order valence-corrected chi connectivity index (χ0v) is 20.1. The molecule has 2 aromatic rings. The van der Waals surface area contributed by atoms with Gasteiger partial charge >= 0.3 is 0 Å². The van der Waals surface area contributed by atoms with Crippen molar-refractivity contribution in [3.8, 4) is 11.8 Å². The molecule has 1 aromatic carbocycles. The van der Waals surface area contributed by atoms with E-state index >= 15 is 0 Å². The van der Waals surface area contributed by atoms with Crippen molar-refractivity contribution in [3.63, 3.8) is 0 Å². The number of alkyl halides is 2. The van der Waals surface area contributed by atoms with Gasteiger partial charge in [-0.05, 0) is 43.9 Å². The van der Waals surface area contributed by atoms with E-state index in [0.29, 0.717) is 29.6 Å². The van der Waals surface area contributed by atoms with Crippen molar-refractivity contribution < 1.29 is 27.9 Å². The van der Waals surface area contributed by atoms with Crippen LogP contribution in [0.1, 0.15) is 49.5 Å². The minimum absolute atomic E-state index is 0.101. The number of benzene rings is 1. The fraction of sp³-hybridized carbons (Fsp3) is 0.520. The van der Waals surface area contributed by atoms with Crippen molar-refractivity contribution in [2.24, 2.45) is 11.3 Å². The van der Waals surface area contributed by atoms with Crippen molar-refractivity contribution in [3.05, 3.63) is 30.0 Å². The van der Waals surface area contributed by atoms with E-state index in [-0.39, 0.29) is 24.4 Å². The predicted octanol–water partition coefficient (Wildman–Crippen LogP) is 2.63. The summed E-state index contributed by atoms with van der Waals surface area (Å²) < 4.78 is 33.3. The van der Waals surface area contributed by atoms with E-state index in [0.717, 1.165) is 6.42 Å². The van der Waals surface area contributed by atoms with Crippen LogP contribution in [0.25, 0.3) is 10.9 Å². The number of halogens is 2. The highest BCUT2D eigenvalue weighted by Gasteiger charge is 2.68. The molecule has 192 valence electrons. The number of hydrogen-bond donors (Lipinski definition) is 4. The number of fused-ring (bicyclic) bond motifs is 1. The number of carbonyl (C=O) groups is 3. The second-order valence-electron chi connectivity index (χ2n) is 9.83. The molecule has 9 nitrogen and oxygen atoms in total. The Morgan fingerprint density at radius 2 is 2.08 bits per heavy atom. The fourth-order valence-corrected chi connectivity index (χ4v) is 4.75. The summed E-state index contributed by atoms with van der Waals surface area (Å²) in [7, 11) is 1.50. The predicted molar refractivity (Wildman–Crippen MR) is 126 cm³/mol. The van der Waals surface area contributed by atoms with E-state index in [1.165, 1.54) is 14.0 Å². The number of ether oxygens (including phenoxy) is 1. The maximum absolute atomic E-state index is 14.0. The van der Waals surface area contributed by atoms with Gasteiger partial charge in [-0.1, -0.05) is 13.0 Å². The van der Waals surface area contributed by atoms with E-state index in [2.05, 4.69) is 20.9 Å². The van der Waals surface area contributed by atoms with Crippen LogP contribution in [0, 0.1) is 22.7 Å². The molecule has 1 aliphatic heterocycles. The van der Waals surface area contributed by atoms with Crippen LogP contribution in [0.3, 0.4) is 0 Å². The van der Waals surface area contributed by atoms with E-state index in [1.807, 2.05) is 6.07 Å². The Kier molecular flexibility index (Phi) is 6.89. The van der Waals surface area contributed by atoms with Gasteiger partial charge in [-0.2, -0.15) is 5.26 Å². The number of aromatic nitrogens is 1. The third-order valence-electron chi connectivity index (χ3n) is 7.13. The minimum Gasteiger partial charge on any atom is -0.496 e. The number of aromatic amines is 1. The van der Waals surface area contributed by atoms with E-state index in [9.17, 15) is 28.4 Å². The zero-order chi connectivity index (χ0) is 26.1. The first kappa shape index (κ1) is 25.4. The SMILES string of the molecule is COc1cccc2[nH]c(C(=O)NC(CC3(C)CC3(F)F)C(=O)NC(C#N)CC3CCCNC3=O)cc12. The molecule has 0 bridgehead atoms. The topological polar surface area (TPSA) is 136 Å². The van der Waals surface area contributed by atoms with Gasteiger partial charge in [0, 0.05) is 35.2 Å². The fourth-order valence-electron chi connectivity index (χ4n) is 4.75. The molecule has 4 rings (SSSR count). The molecule has 4 unspecified atom stereocenters. The van der Waals surface area contributed by atoms with Crippen molar-refractivity contribution in [2.75, 3.05) is 13.7 Å². The van der Waals surface area contributed by atoms with Crippen molar-refractivity contribution in [1.29, 1.82) is 5.26 Å².